The Labute approximate surface area is 138 Å². The summed E-state index contributed by atoms with van der Waals surface area (Å²) < 4.78 is 30.4. The lowest BCUT2D eigenvalue weighted by atomic mass is 10.1. The topological polar surface area (TPSA) is 91.8 Å². The molecule has 0 heterocycles. The van der Waals surface area contributed by atoms with Crippen LogP contribution in [0.15, 0.2) is 29.3 Å². The molecule has 7 nitrogen and oxygen atoms in total. The van der Waals surface area contributed by atoms with Crippen molar-refractivity contribution in [3.63, 3.8) is 0 Å². The van der Waals surface area contributed by atoms with Crippen molar-refractivity contribution < 1.29 is 13.2 Å². The number of guanidine groups is 1. The van der Waals surface area contributed by atoms with Crippen LogP contribution in [-0.2, 0) is 16.6 Å². The molecule has 8 heteroatoms. The Morgan fingerprint density at radius 2 is 1.83 bits per heavy atom. The van der Waals surface area contributed by atoms with Crippen LogP contribution in [0.4, 0.5) is 0 Å². The molecular formula is C15H26N4O3S. The summed E-state index contributed by atoms with van der Waals surface area (Å²) in [6.07, 6.45) is 1.14. The highest BCUT2D eigenvalue weighted by atomic mass is 32.2. The van der Waals surface area contributed by atoms with E-state index in [1.165, 1.54) is 0 Å². The molecule has 0 spiro atoms. The summed E-state index contributed by atoms with van der Waals surface area (Å²) in [5, 5.41) is 6.29. The van der Waals surface area contributed by atoms with E-state index in [1.807, 2.05) is 24.3 Å². The van der Waals surface area contributed by atoms with Crippen LogP contribution < -0.4 is 20.1 Å². The van der Waals surface area contributed by atoms with Gasteiger partial charge < -0.3 is 15.4 Å². The van der Waals surface area contributed by atoms with Crippen LogP contribution in [0.25, 0.3) is 0 Å². The van der Waals surface area contributed by atoms with Gasteiger partial charge in [0.25, 0.3) is 0 Å². The molecule has 0 bridgehead atoms. The van der Waals surface area contributed by atoms with Crippen molar-refractivity contribution >= 4 is 16.0 Å². The third-order valence-corrected chi connectivity index (χ3v) is 3.93. The second-order valence-electron chi connectivity index (χ2n) is 5.89. The number of aliphatic imine (C=N–C) groups is 1. The largest absolute Gasteiger partial charge is 0.497 e. The maximum Gasteiger partial charge on any atom is 0.209 e. The molecule has 1 aromatic carbocycles. The van der Waals surface area contributed by atoms with Crippen LogP contribution in [0.2, 0.25) is 0 Å². The molecule has 0 aliphatic rings. The van der Waals surface area contributed by atoms with E-state index in [9.17, 15) is 8.42 Å². The van der Waals surface area contributed by atoms with Gasteiger partial charge in [-0.2, -0.15) is 0 Å². The first-order chi connectivity index (χ1) is 10.6. The van der Waals surface area contributed by atoms with Crippen molar-refractivity contribution in [1.29, 1.82) is 0 Å². The van der Waals surface area contributed by atoms with E-state index in [0.29, 0.717) is 19.0 Å². The fourth-order valence-electron chi connectivity index (χ4n) is 1.99. The van der Waals surface area contributed by atoms with Crippen LogP contribution in [0.3, 0.4) is 0 Å². The minimum atomic E-state index is -3.26. The zero-order valence-electron chi connectivity index (χ0n) is 14.3. The van der Waals surface area contributed by atoms with Gasteiger partial charge in [-0.15, -0.1) is 0 Å². The van der Waals surface area contributed by atoms with Crippen LogP contribution in [0, 0.1) is 0 Å². The highest BCUT2D eigenvalue weighted by molar-refractivity contribution is 7.88. The molecule has 0 aliphatic heterocycles. The zero-order valence-corrected chi connectivity index (χ0v) is 15.1. The van der Waals surface area contributed by atoms with Gasteiger partial charge in [0.1, 0.15) is 5.75 Å². The highest BCUT2D eigenvalue weighted by Crippen LogP contribution is 2.10. The minimum absolute atomic E-state index is 0.405. The summed E-state index contributed by atoms with van der Waals surface area (Å²) in [6, 6.07) is 7.72. The van der Waals surface area contributed by atoms with Gasteiger partial charge in [-0.1, -0.05) is 12.1 Å². The second-order valence-corrected chi connectivity index (χ2v) is 7.63. The fourth-order valence-corrected chi connectivity index (χ4v) is 3.07. The van der Waals surface area contributed by atoms with Gasteiger partial charge in [0, 0.05) is 25.7 Å². The highest BCUT2D eigenvalue weighted by Gasteiger charge is 2.22. The Kier molecular flexibility index (Phi) is 6.83. The standard InChI is InChI=1S/C15H26N4O3S/c1-15(2,19-23(5,20)21)11-18-14(16-3)17-10-12-6-8-13(22-4)9-7-12/h6-9,19H,10-11H2,1-5H3,(H2,16,17,18). The summed E-state index contributed by atoms with van der Waals surface area (Å²) >= 11 is 0. The predicted octanol–water partition coefficient (Wildman–Crippen LogP) is 0.688. The monoisotopic (exact) mass is 342 g/mol. The molecule has 0 saturated carbocycles. The predicted molar refractivity (Wildman–Crippen MR) is 93.3 cm³/mol. The van der Waals surface area contributed by atoms with Crippen LogP contribution in [-0.4, -0.2) is 46.9 Å². The molecule has 23 heavy (non-hydrogen) atoms. The number of ether oxygens (including phenoxy) is 1. The summed E-state index contributed by atoms with van der Waals surface area (Å²) in [4.78, 5) is 4.13. The molecule has 0 fully saturated rings. The third-order valence-electron chi connectivity index (χ3n) is 3.00. The lowest BCUT2D eigenvalue weighted by Crippen LogP contribution is -2.52. The molecule has 1 aromatic rings. The maximum absolute atomic E-state index is 11.3. The fraction of sp³-hybridized carbons (Fsp3) is 0.533. The molecule has 3 N–H and O–H groups in total. The number of sulfonamides is 1. The molecule has 1 rings (SSSR count). The van der Waals surface area contributed by atoms with Crippen molar-refractivity contribution in [3.05, 3.63) is 29.8 Å². The molecule has 0 unspecified atom stereocenters. The molecular weight excluding hydrogens is 316 g/mol. The lowest BCUT2D eigenvalue weighted by Gasteiger charge is -2.26. The van der Waals surface area contributed by atoms with Crippen molar-refractivity contribution in [3.8, 4) is 5.75 Å². The van der Waals surface area contributed by atoms with E-state index in [2.05, 4.69) is 20.3 Å². The number of benzene rings is 1. The Hall–Kier alpha value is -1.80. The minimum Gasteiger partial charge on any atom is -0.497 e. The number of nitrogens with zero attached hydrogens (tertiary/aromatic N) is 1. The van der Waals surface area contributed by atoms with Gasteiger partial charge in [-0.05, 0) is 31.5 Å². The number of methoxy groups -OCH3 is 1. The molecule has 0 atom stereocenters. The van der Waals surface area contributed by atoms with Crippen LogP contribution in [0.1, 0.15) is 19.4 Å². The average Bonchev–Trinajstić information content (AvgIpc) is 2.45. The molecule has 130 valence electrons. The average molecular weight is 342 g/mol. The van der Waals surface area contributed by atoms with E-state index in [0.717, 1.165) is 17.6 Å². The normalized spacial score (nSPS) is 12.8. The van der Waals surface area contributed by atoms with Crippen LogP contribution in [0.5, 0.6) is 5.75 Å². The number of hydrogen-bond acceptors (Lipinski definition) is 4. The summed E-state index contributed by atoms with van der Waals surface area (Å²) in [6.45, 7) is 4.61. The van der Waals surface area contributed by atoms with Gasteiger partial charge in [0.05, 0.1) is 13.4 Å². The SMILES string of the molecule is CN=C(NCc1ccc(OC)cc1)NCC(C)(C)NS(C)(=O)=O. The summed E-state index contributed by atoms with van der Waals surface area (Å²) in [7, 11) is 0.0368. The van der Waals surface area contributed by atoms with E-state index in [4.69, 9.17) is 4.74 Å². The number of hydrogen-bond donors (Lipinski definition) is 3. The van der Waals surface area contributed by atoms with Crippen molar-refractivity contribution in [1.82, 2.24) is 15.4 Å². The smallest absolute Gasteiger partial charge is 0.209 e. The summed E-state index contributed by atoms with van der Waals surface area (Å²) in [5.74, 6) is 1.41. The summed E-state index contributed by atoms with van der Waals surface area (Å²) in [5.41, 5.74) is 0.466. The zero-order chi connectivity index (χ0) is 17.5. The van der Waals surface area contributed by atoms with Gasteiger partial charge >= 0.3 is 0 Å². The Balaban J connectivity index is 2.51. The third kappa shape index (κ3) is 7.85. The number of rotatable bonds is 7. The molecule has 0 saturated heterocycles. The van der Waals surface area contributed by atoms with Gasteiger partial charge in [0.15, 0.2) is 5.96 Å². The number of nitrogens with one attached hydrogen (secondary N) is 3. The van der Waals surface area contributed by atoms with Crippen molar-refractivity contribution in [2.24, 2.45) is 4.99 Å². The quantitative estimate of drug-likeness (QED) is 0.501. The van der Waals surface area contributed by atoms with E-state index in [-0.39, 0.29) is 0 Å². The van der Waals surface area contributed by atoms with Crippen molar-refractivity contribution in [2.45, 2.75) is 25.9 Å². The Bertz CT molecular complexity index is 625. The molecule has 0 aliphatic carbocycles. The van der Waals surface area contributed by atoms with Gasteiger partial charge in [0.2, 0.25) is 10.0 Å². The lowest BCUT2D eigenvalue weighted by molar-refractivity contribution is 0.414. The van der Waals surface area contributed by atoms with Gasteiger partial charge in [-0.3, -0.25) is 4.99 Å². The second kappa shape index (κ2) is 8.16. The van der Waals surface area contributed by atoms with Crippen molar-refractivity contribution in [2.75, 3.05) is 27.0 Å². The van der Waals surface area contributed by atoms with E-state index >= 15 is 0 Å². The molecule has 0 aromatic heterocycles. The maximum atomic E-state index is 11.3. The van der Waals surface area contributed by atoms with Gasteiger partial charge in [-0.25, -0.2) is 13.1 Å². The molecule has 0 amide bonds. The van der Waals surface area contributed by atoms with Crippen LogP contribution >= 0.6 is 0 Å². The first-order valence-electron chi connectivity index (χ1n) is 7.21. The van der Waals surface area contributed by atoms with E-state index in [1.54, 1.807) is 28.0 Å². The molecule has 0 radical (unpaired) electrons. The van der Waals surface area contributed by atoms with E-state index < -0.39 is 15.6 Å². The first-order valence-corrected chi connectivity index (χ1v) is 9.11. The Morgan fingerprint density at radius 1 is 1.22 bits per heavy atom. The Morgan fingerprint density at radius 3 is 2.30 bits per heavy atom. The first kappa shape index (κ1) is 19.2.